The summed E-state index contributed by atoms with van der Waals surface area (Å²) in [5.41, 5.74) is 11.7. The lowest BCUT2D eigenvalue weighted by Crippen LogP contribution is -2.24. The second-order valence-electron chi connectivity index (χ2n) is 12.3. The number of hydrogen-bond acceptors (Lipinski definition) is 11. The lowest BCUT2D eigenvalue weighted by Gasteiger charge is -2.22. The molecule has 3 fully saturated rings. The SMILES string of the molecule is NC(=O)c1c(NC(=O)C2CC2)sc2cc(OCCO)ccc12.NC(=O)c1c(NC(=O)C2CC2)sc2cc(OCCOC3CCCCO3)ccc12. The molecular weight excluding hydrogens is 685 g/mol. The molecular formula is C35H40N4O9S2. The number of nitrogens with one attached hydrogen (secondary N) is 2. The Kier molecular flexibility index (Phi) is 11.5. The van der Waals surface area contributed by atoms with E-state index in [1.165, 1.54) is 22.7 Å². The van der Waals surface area contributed by atoms with Crippen LogP contribution >= 0.6 is 22.7 Å². The molecule has 3 aliphatic rings. The number of thiophene rings is 2. The van der Waals surface area contributed by atoms with Crippen LogP contribution in [-0.4, -0.2) is 68.1 Å². The third kappa shape index (κ3) is 8.89. The summed E-state index contributed by atoms with van der Waals surface area (Å²) in [4.78, 5) is 47.7. The topological polar surface area (TPSA) is 202 Å². The second-order valence-corrected chi connectivity index (χ2v) is 14.4. The van der Waals surface area contributed by atoms with Gasteiger partial charge in [0.25, 0.3) is 11.8 Å². The Labute approximate surface area is 296 Å². The summed E-state index contributed by atoms with van der Waals surface area (Å²) in [6.45, 7) is 1.73. The predicted octanol–water partition coefficient (Wildman–Crippen LogP) is 4.99. The molecule has 2 aromatic carbocycles. The first-order chi connectivity index (χ1) is 24.2. The molecule has 7 rings (SSSR count). The Hall–Kier alpha value is -4.28. The fourth-order valence-corrected chi connectivity index (χ4v) is 7.74. The van der Waals surface area contributed by atoms with Crippen molar-refractivity contribution in [1.82, 2.24) is 0 Å². The molecule has 50 heavy (non-hydrogen) atoms. The summed E-state index contributed by atoms with van der Waals surface area (Å²) in [5, 5.41) is 16.9. The summed E-state index contributed by atoms with van der Waals surface area (Å²) in [6, 6.07) is 10.7. The van der Waals surface area contributed by atoms with Gasteiger partial charge in [-0.25, -0.2) is 0 Å². The molecule has 1 saturated heterocycles. The van der Waals surface area contributed by atoms with Gasteiger partial charge >= 0.3 is 0 Å². The molecule has 266 valence electrons. The molecule has 2 aromatic heterocycles. The van der Waals surface area contributed by atoms with Gasteiger partial charge in [-0.3, -0.25) is 19.2 Å². The zero-order chi connectivity index (χ0) is 35.2. The molecule has 1 unspecified atom stereocenters. The minimum absolute atomic E-state index is 0.0485. The van der Waals surface area contributed by atoms with E-state index in [9.17, 15) is 19.2 Å². The summed E-state index contributed by atoms with van der Waals surface area (Å²) in [7, 11) is 0. The van der Waals surface area contributed by atoms with Crippen LogP contribution in [0.5, 0.6) is 11.5 Å². The summed E-state index contributed by atoms with van der Waals surface area (Å²) in [6.07, 6.45) is 6.59. The highest BCUT2D eigenvalue weighted by Gasteiger charge is 2.32. The summed E-state index contributed by atoms with van der Waals surface area (Å²) < 4.78 is 24.0. The van der Waals surface area contributed by atoms with Gasteiger partial charge in [0.15, 0.2) is 6.29 Å². The smallest absolute Gasteiger partial charge is 0.252 e. The van der Waals surface area contributed by atoms with Gasteiger partial charge in [-0.15, -0.1) is 22.7 Å². The molecule has 0 spiro atoms. The second kappa shape index (κ2) is 16.2. The monoisotopic (exact) mass is 724 g/mol. The average Bonchev–Trinajstić information content (AvgIpc) is 4.04. The van der Waals surface area contributed by atoms with Crippen molar-refractivity contribution in [2.24, 2.45) is 23.3 Å². The molecule has 1 aliphatic heterocycles. The molecule has 0 radical (unpaired) electrons. The van der Waals surface area contributed by atoms with Gasteiger partial charge in [0.1, 0.15) is 34.7 Å². The van der Waals surface area contributed by atoms with Crippen LogP contribution in [0, 0.1) is 11.8 Å². The molecule has 4 aromatic rings. The number of primary amides is 2. The standard InChI is InChI=1S/C20H24N2O5S.C15H16N2O4S/c21-18(23)17-14-7-6-13(25-9-10-27-16-3-1-2-8-26-16)11-15(14)28-20(17)22-19(24)12-4-5-12;16-13(19)12-10-4-3-9(21-6-5-18)7-11(10)22-15(12)17-14(20)8-1-2-8/h6-7,11-12,16H,1-5,8-10H2,(H2,21,23)(H,22,24);3-4,7-8,18H,1-2,5-6H2,(H2,16,19)(H,17,20). The number of amides is 4. The van der Waals surface area contributed by atoms with Gasteiger partial charge in [-0.1, -0.05) is 0 Å². The number of nitrogens with two attached hydrogens (primary N) is 2. The first-order valence-corrected chi connectivity index (χ1v) is 18.3. The number of carbonyl (C=O) groups excluding carboxylic acids is 4. The van der Waals surface area contributed by atoms with Gasteiger partial charge in [0, 0.05) is 38.6 Å². The molecule has 2 aliphatic carbocycles. The molecule has 13 nitrogen and oxygen atoms in total. The van der Waals surface area contributed by atoms with E-state index < -0.39 is 11.8 Å². The minimum Gasteiger partial charge on any atom is -0.491 e. The Balaban J connectivity index is 0.000000178. The van der Waals surface area contributed by atoms with Crippen LogP contribution in [0.1, 0.15) is 65.7 Å². The number of aliphatic hydroxyl groups excluding tert-OH is 1. The van der Waals surface area contributed by atoms with Gasteiger partial charge in [-0.05, 0) is 81.3 Å². The van der Waals surface area contributed by atoms with Crippen molar-refractivity contribution in [1.29, 1.82) is 0 Å². The van der Waals surface area contributed by atoms with E-state index in [1.54, 1.807) is 30.3 Å². The van der Waals surface area contributed by atoms with Crippen molar-refractivity contribution in [2.75, 3.05) is 43.7 Å². The number of carbonyl (C=O) groups is 4. The normalized spacial score (nSPS) is 17.1. The van der Waals surface area contributed by atoms with E-state index in [0.717, 1.165) is 66.3 Å². The van der Waals surface area contributed by atoms with E-state index in [-0.39, 0.29) is 43.2 Å². The van der Waals surface area contributed by atoms with Crippen LogP contribution in [0.25, 0.3) is 20.2 Å². The molecule has 0 bridgehead atoms. The number of aliphatic hydroxyl groups is 1. The maximum absolute atomic E-state index is 12.1. The third-order valence-corrected chi connectivity index (χ3v) is 10.5. The van der Waals surface area contributed by atoms with Crippen LogP contribution in [0.2, 0.25) is 0 Å². The van der Waals surface area contributed by atoms with Crippen molar-refractivity contribution in [3.63, 3.8) is 0 Å². The molecule has 15 heteroatoms. The van der Waals surface area contributed by atoms with Gasteiger partial charge < -0.3 is 46.2 Å². The highest BCUT2D eigenvalue weighted by molar-refractivity contribution is 7.24. The van der Waals surface area contributed by atoms with Crippen molar-refractivity contribution in [2.45, 2.75) is 51.2 Å². The van der Waals surface area contributed by atoms with E-state index in [2.05, 4.69) is 10.6 Å². The van der Waals surface area contributed by atoms with Crippen LogP contribution in [0.4, 0.5) is 10.0 Å². The first-order valence-electron chi connectivity index (χ1n) is 16.7. The first kappa shape index (κ1) is 35.5. The Bertz CT molecular complexity index is 1880. The van der Waals surface area contributed by atoms with Gasteiger partial charge in [-0.2, -0.15) is 0 Å². The molecule has 7 N–H and O–H groups in total. The lowest BCUT2D eigenvalue weighted by atomic mass is 10.1. The predicted molar refractivity (Wildman–Crippen MR) is 191 cm³/mol. The average molecular weight is 725 g/mol. The summed E-state index contributed by atoms with van der Waals surface area (Å²) in [5.74, 6) is 0.149. The van der Waals surface area contributed by atoms with Crippen LogP contribution in [0.3, 0.4) is 0 Å². The third-order valence-electron chi connectivity index (χ3n) is 8.34. The van der Waals surface area contributed by atoms with E-state index >= 15 is 0 Å². The number of rotatable bonds is 14. The highest BCUT2D eigenvalue weighted by atomic mass is 32.1. The van der Waals surface area contributed by atoms with Gasteiger partial charge in [0.05, 0.1) is 24.3 Å². The van der Waals surface area contributed by atoms with Crippen molar-refractivity contribution >= 4 is 76.5 Å². The molecule has 2 saturated carbocycles. The van der Waals surface area contributed by atoms with Crippen molar-refractivity contribution in [3.05, 3.63) is 47.5 Å². The number of fused-ring (bicyclic) bond motifs is 2. The molecule has 3 heterocycles. The maximum atomic E-state index is 12.1. The fraction of sp³-hybridized carbons (Fsp3) is 0.429. The van der Waals surface area contributed by atoms with Crippen LogP contribution < -0.4 is 31.6 Å². The number of ether oxygens (including phenoxy) is 4. The zero-order valence-corrected chi connectivity index (χ0v) is 29.0. The highest BCUT2D eigenvalue weighted by Crippen LogP contribution is 2.40. The number of benzene rings is 2. The molecule has 4 amide bonds. The Morgan fingerprint density at radius 1 is 0.740 bits per heavy atom. The Morgan fingerprint density at radius 2 is 1.26 bits per heavy atom. The van der Waals surface area contributed by atoms with Crippen LogP contribution in [0.15, 0.2) is 36.4 Å². The fourth-order valence-electron chi connectivity index (χ4n) is 5.46. The Morgan fingerprint density at radius 3 is 1.70 bits per heavy atom. The van der Waals surface area contributed by atoms with Crippen molar-refractivity contribution < 1.29 is 43.2 Å². The minimum atomic E-state index is -0.568. The number of anilines is 2. The molecule has 1 atom stereocenters. The summed E-state index contributed by atoms with van der Waals surface area (Å²) >= 11 is 2.64. The maximum Gasteiger partial charge on any atom is 0.252 e. The quantitative estimate of drug-likeness (QED) is 0.111. The zero-order valence-electron chi connectivity index (χ0n) is 27.4. The van der Waals surface area contributed by atoms with Gasteiger partial charge in [0.2, 0.25) is 11.8 Å². The van der Waals surface area contributed by atoms with Crippen molar-refractivity contribution in [3.8, 4) is 11.5 Å². The largest absolute Gasteiger partial charge is 0.491 e. The van der Waals surface area contributed by atoms with E-state index in [1.807, 2.05) is 6.07 Å². The lowest BCUT2D eigenvalue weighted by molar-refractivity contribution is -0.165. The van der Waals surface area contributed by atoms with Crippen LogP contribution in [-0.2, 0) is 19.1 Å². The van der Waals surface area contributed by atoms with E-state index in [0.29, 0.717) is 51.2 Å². The van der Waals surface area contributed by atoms with E-state index in [4.69, 9.17) is 35.5 Å². The number of hydrogen-bond donors (Lipinski definition) is 5.